The molecule has 0 aromatic heterocycles. The Kier molecular flexibility index (Phi) is 2.03. The molecule has 2 atom stereocenters. The molecule has 0 spiro atoms. The summed E-state index contributed by atoms with van der Waals surface area (Å²) in [6, 6.07) is 0.412. The summed E-state index contributed by atoms with van der Waals surface area (Å²) < 4.78 is 0. The molecule has 1 rings (SSSR count). The maximum atomic E-state index is 5.04. The minimum atomic E-state index is 0.363. The molecule has 2 N–H and O–H groups in total. The first-order valence-corrected chi connectivity index (χ1v) is 3.71. The SMILES string of the molecule is CC[C@@H]1N[C@@H](C)NC1=S. The van der Waals surface area contributed by atoms with Gasteiger partial charge in [0.2, 0.25) is 0 Å². The lowest BCUT2D eigenvalue weighted by atomic mass is 10.2. The van der Waals surface area contributed by atoms with Gasteiger partial charge in [0.25, 0.3) is 0 Å². The maximum Gasteiger partial charge on any atom is 0.0938 e. The average Bonchev–Trinajstić information content (AvgIpc) is 2.10. The van der Waals surface area contributed by atoms with Gasteiger partial charge in [-0.3, -0.25) is 5.32 Å². The van der Waals surface area contributed by atoms with Gasteiger partial charge in [0.15, 0.2) is 0 Å². The lowest BCUT2D eigenvalue weighted by molar-refractivity contribution is 0.550. The molecule has 1 fully saturated rings. The Morgan fingerprint density at radius 1 is 1.67 bits per heavy atom. The van der Waals surface area contributed by atoms with Crippen molar-refractivity contribution in [1.82, 2.24) is 10.6 Å². The van der Waals surface area contributed by atoms with Crippen molar-refractivity contribution in [2.75, 3.05) is 0 Å². The molecule has 0 aromatic carbocycles. The highest BCUT2D eigenvalue weighted by Crippen LogP contribution is 2.01. The second kappa shape index (κ2) is 2.62. The van der Waals surface area contributed by atoms with Gasteiger partial charge in [-0.1, -0.05) is 19.1 Å². The van der Waals surface area contributed by atoms with Crippen molar-refractivity contribution in [2.24, 2.45) is 0 Å². The summed E-state index contributed by atoms with van der Waals surface area (Å²) in [4.78, 5) is 0.963. The third-order valence-corrected chi connectivity index (χ3v) is 1.94. The molecule has 3 heteroatoms. The minimum Gasteiger partial charge on any atom is -0.363 e. The molecule has 0 radical (unpaired) electrons. The van der Waals surface area contributed by atoms with E-state index < -0.39 is 0 Å². The first kappa shape index (κ1) is 6.96. The van der Waals surface area contributed by atoms with Gasteiger partial charge in [0.1, 0.15) is 0 Å². The third kappa shape index (κ3) is 1.40. The fraction of sp³-hybridized carbons (Fsp3) is 0.833. The molecule has 0 amide bonds. The molecule has 1 saturated heterocycles. The number of nitrogens with one attached hydrogen (secondary N) is 2. The van der Waals surface area contributed by atoms with Crippen molar-refractivity contribution in [2.45, 2.75) is 32.5 Å². The smallest absolute Gasteiger partial charge is 0.0938 e. The highest BCUT2D eigenvalue weighted by atomic mass is 32.1. The van der Waals surface area contributed by atoms with Crippen LogP contribution in [0.25, 0.3) is 0 Å². The van der Waals surface area contributed by atoms with Crippen LogP contribution in [-0.2, 0) is 0 Å². The van der Waals surface area contributed by atoms with Crippen LogP contribution < -0.4 is 10.6 Å². The van der Waals surface area contributed by atoms with Crippen LogP contribution >= 0.6 is 12.2 Å². The van der Waals surface area contributed by atoms with E-state index in [-0.39, 0.29) is 0 Å². The predicted octanol–water partition coefficient (Wildman–Crippen LogP) is 0.631. The fourth-order valence-corrected chi connectivity index (χ4v) is 1.45. The van der Waals surface area contributed by atoms with Gasteiger partial charge in [-0.15, -0.1) is 0 Å². The molecule has 0 aliphatic carbocycles. The second-order valence-electron chi connectivity index (χ2n) is 2.36. The molecule has 0 unspecified atom stereocenters. The summed E-state index contributed by atoms with van der Waals surface area (Å²) in [6.45, 7) is 4.20. The number of thiocarbonyl (C=S) groups is 1. The van der Waals surface area contributed by atoms with Crippen LogP contribution in [0.15, 0.2) is 0 Å². The molecular formula is C6H12N2S. The Morgan fingerprint density at radius 2 is 2.33 bits per heavy atom. The summed E-state index contributed by atoms with van der Waals surface area (Å²) in [6.07, 6.45) is 1.44. The Balaban J connectivity index is 2.48. The molecule has 0 saturated carbocycles. The Bertz CT molecular complexity index is 124. The van der Waals surface area contributed by atoms with Crippen molar-refractivity contribution in [3.63, 3.8) is 0 Å². The van der Waals surface area contributed by atoms with E-state index in [2.05, 4.69) is 24.5 Å². The topological polar surface area (TPSA) is 24.1 Å². The van der Waals surface area contributed by atoms with E-state index in [0.29, 0.717) is 12.2 Å². The lowest BCUT2D eigenvalue weighted by Crippen LogP contribution is -2.29. The first-order chi connectivity index (χ1) is 4.24. The highest BCUT2D eigenvalue weighted by molar-refractivity contribution is 7.80. The van der Waals surface area contributed by atoms with Crippen molar-refractivity contribution in [1.29, 1.82) is 0 Å². The monoisotopic (exact) mass is 144 g/mol. The normalized spacial score (nSPS) is 34.7. The van der Waals surface area contributed by atoms with Crippen LogP contribution in [0.3, 0.4) is 0 Å². The number of hydrogen-bond donors (Lipinski definition) is 2. The minimum absolute atomic E-state index is 0.363. The van der Waals surface area contributed by atoms with Gasteiger partial charge in [0, 0.05) is 0 Å². The third-order valence-electron chi connectivity index (χ3n) is 1.53. The Morgan fingerprint density at radius 3 is 2.56 bits per heavy atom. The lowest BCUT2D eigenvalue weighted by Gasteiger charge is -2.03. The summed E-state index contributed by atoms with van der Waals surface area (Å²) >= 11 is 5.04. The molecule has 52 valence electrons. The van der Waals surface area contributed by atoms with E-state index in [1.807, 2.05) is 0 Å². The zero-order chi connectivity index (χ0) is 6.85. The molecule has 9 heavy (non-hydrogen) atoms. The van der Waals surface area contributed by atoms with Gasteiger partial charge in [0.05, 0.1) is 17.2 Å². The molecule has 1 aliphatic heterocycles. The van der Waals surface area contributed by atoms with Crippen molar-refractivity contribution in [3.05, 3.63) is 0 Å². The van der Waals surface area contributed by atoms with E-state index in [4.69, 9.17) is 12.2 Å². The van der Waals surface area contributed by atoms with Crippen molar-refractivity contribution < 1.29 is 0 Å². The van der Waals surface area contributed by atoms with Gasteiger partial charge in [-0.25, -0.2) is 0 Å². The van der Waals surface area contributed by atoms with Crippen LogP contribution in [0.5, 0.6) is 0 Å². The quantitative estimate of drug-likeness (QED) is 0.528. The zero-order valence-corrected chi connectivity index (χ0v) is 6.59. The number of rotatable bonds is 1. The van der Waals surface area contributed by atoms with Crippen LogP contribution in [0.1, 0.15) is 20.3 Å². The molecule has 1 heterocycles. The van der Waals surface area contributed by atoms with Crippen LogP contribution in [0.2, 0.25) is 0 Å². The van der Waals surface area contributed by atoms with E-state index in [1.165, 1.54) is 0 Å². The van der Waals surface area contributed by atoms with Gasteiger partial charge in [-0.05, 0) is 13.3 Å². The maximum absolute atomic E-state index is 5.04. The fourth-order valence-electron chi connectivity index (χ4n) is 1.04. The molecular weight excluding hydrogens is 132 g/mol. The number of hydrogen-bond acceptors (Lipinski definition) is 2. The van der Waals surface area contributed by atoms with Crippen LogP contribution in [0.4, 0.5) is 0 Å². The summed E-state index contributed by atoms with van der Waals surface area (Å²) in [5.41, 5.74) is 0. The van der Waals surface area contributed by atoms with Crippen LogP contribution in [0, 0.1) is 0 Å². The van der Waals surface area contributed by atoms with E-state index in [0.717, 1.165) is 11.4 Å². The van der Waals surface area contributed by atoms with Gasteiger partial charge >= 0.3 is 0 Å². The Hall–Kier alpha value is -0.150. The second-order valence-corrected chi connectivity index (χ2v) is 2.80. The Labute approximate surface area is 61.0 Å². The predicted molar refractivity (Wildman–Crippen MR) is 42.4 cm³/mol. The van der Waals surface area contributed by atoms with Crippen LogP contribution in [-0.4, -0.2) is 17.2 Å². The molecule has 0 aromatic rings. The van der Waals surface area contributed by atoms with E-state index in [9.17, 15) is 0 Å². The zero-order valence-electron chi connectivity index (χ0n) is 5.77. The first-order valence-electron chi connectivity index (χ1n) is 3.30. The van der Waals surface area contributed by atoms with E-state index >= 15 is 0 Å². The van der Waals surface area contributed by atoms with E-state index in [1.54, 1.807) is 0 Å². The molecule has 1 aliphatic rings. The summed E-state index contributed by atoms with van der Waals surface area (Å²) in [7, 11) is 0. The van der Waals surface area contributed by atoms with Gasteiger partial charge < -0.3 is 5.32 Å². The summed E-state index contributed by atoms with van der Waals surface area (Å²) in [5, 5.41) is 6.44. The van der Waals surface area contributed by atoms with Gasteiger partial charge in [-0.2, -0.15) is 0 Å². The van der Waals surface area contributed by atoms with Crippen molar-refractivity contribution in [3.8, 4) is 0 Å². The van der Waals surface area contributed by atoms with Crippen molar-refractivity contribution >= 4 is 17.2 Å². The molecule has 0 bridgehead atoms. The highest BCUT2D eigenvalue weighted by Gasteiger charge is 2.22. The largest absolute Gasteiger partial charge is 0.363 e. The standard InChI is InChI=1S/C6H12N2S/c1-3-5-6(9)8-4(2)7-5/h4-5,7H,3H2,1-2H3,(H,8,9)/t4-,5+/m1/s1. The molecule has 2 nitrogen and oxygen atoms in total. The summed E-state index contributed by atoms with van der Waals surface area (Å²) in [5.74, 6) is 0. The average molecular weight is 144 g/mol.